The first-order valence-corrected chi connectivity index (χ1v) is 8.75. The number of carbonyl (C=O) groups is 1. The minimum atomic E-state index is -0.0497. The van der Waals surface area contributed by atoms with Crippen molar-refractivity contribution in [3.8, 4) is 11.8 Å². The molecule has 1 unspecified atom stereocenters. The van der Waals surface area contributed by atoms with Crippen molar-refractivity contribution in [1.82, 2.24) is 4.90 Å². The number of carbonyl (C=O) groups excluding carboxylic acids is 1. The normalized spacial score (nSPS) is 17.9. The molecule has 5 nitrogen and oxygen atoms in total. The maximum Gasteiger partial charge on any atom is 0.310 e. The van der Waals surface area contributed by atoms with Crippen LogP contribution in [0.3, 0.4) is 0 Å². The Morgan fingerprint density at radius 2 is 2.12 bits per heavy atom. The molecule has 0 saturated carbocycles. The van der Waals surface area contributed by atoms with Crippen LogP contribution in [0.4, 0.5) is 0 Å². The molecule has 0 radical (unpaired) electrons. The van der Waals surface area contributed by atoms with Crippen molar-refractivity contribution >= 4 is 5.97 Å². The summed E-state index contributed by atoms with van der Waals surface area (Å²) >= 11 is 0. The predicted molar refractivity (Wildman–Crippen MR) is 91.7 cm³/mol. The maximum atomic E-state index is 11.8. The molecule has 5 heteroatoms. The number of hydrogen-bond donors (Lipinski definition) is 0. The molecule has 130 valence electrons. The van der Waals surface area contributed by atoms with Crippen molar-refractivity contribution in [3.05, 3.63) is 29.8 Å². The molecule has 1 aliphatic heterocycles. The predicted octanol–water partition coefficient (Wildman–Crippen LogP) is 2.99. The van der Waals surface area contributed by atoms with Gasteiger partial charge in [-0.15, -0.1) is 0 Å². The van der Waals surface area contributed by atoms with Gasteiger partial charge in [-0.25, -0.2) is 0 Å². The molecule has 2 rings (SSSR count). The summed E-state index contributed by atoms with van der Waals surface area (Å²) in [7, 11) is 0. The molecule has 0 spiro atoms. The van der Waals surface area contributed by atoms with E-state index in [2.05, 4.69) is 11.0 Å². The van der Waals surface area contributed by atoms with E-state index in [4.69, 9.17) is 14.7 Å². The van der Waals surface area contributed by atoms with Crippen LogP contribution in [-0.4, -0.2) is 43.7 Å². The van der Waals surface area contributed by atoms with Gasteiger partial charge in [-0.05, 0) is 70.0 Å². The van der Waals surface area contributed by atoms with E-state index in [9.17, 15) is 4.79 Å². The molecule has 0 aliphatic carbocycles. The topological polar surface area (TPSA) is 62.6 Å². The number of rotatable bonds is 8. The average Bonchev–Trinajstić information content (AvgIpc) is 2.62. The molecule has 1 fully saturated rings. The second-order valence-electron chi connectivity index (χ2n) is 6.08. The van der Waals surface area contributed by atoms with Crippen molar-refractivity contribution in [1.29, 1.82) is 5.26 Å². The van der Waals surface area contributed by atoms with Crippen molar-refractivity contribution in [2.45, 2.75) is 32.6 Å². The lowest BCUT2D eigenvalue weighted by molar-refractivity contribution is -0.149. The fourth-order valence-electron chi connectivity index (χ4n) is 2.96. The lowest BCUT2D eigenvalue weighted by atomic mass is 9.98. The van der Waals surface area contributed by atoms with Crippen LogP contribution in [0.25, 0.3) is 0 Å². The highest BCUT2D eigenvalue weighted by Gasteiger charge is 2.26. The number of ether oxygens (including phenoxy) is 2. The summed E-state index contributed by atoms with van der Waals surface area (Å²) < 4.78 is 10.8. The lowest BCUT2D eigenvalue weighted by Crippen LogP contribution is -2.39. The zero-order chi connectivity index (χ0) is 17.2. The third-order valence-corrected chi connectivity index (χ3v) is 4.25. The number of hydrogen-bond acceptors (Lipinski definition) is 5. The SMILES string of the molecule is CCOC(=O)C1CCCN(CCCCOc2ccc(C#N)cc2)C1. The van der Waals surface area contributed by atoms with E-state index < -0.39 is 0 Å². The Labute approximate surface area is 144 Å². The van der Waals surface area contributed by atoms with E-state index in [1.54, 1.807) is 12.1 Å². The van der Waals surface area contributed by atoms with Crippen LogP contribution in [0.5, 0.6) is 5.75 Å². The highest BCUT2D eigenvalue weighted by atomic mass is 16.5. The Bertz CT molecular complexity index is 551. The lowest BCUT2D eigenvalue weighted by Gasteiger charge is -2.31. The first-order valence-electron chi connectivity index (χ1n) is 8.75. The summed E-state index contributed by atoms with van der Waals surface area (Å²) in [5, 5.41) is 8.76. The third-order valence-electron chi connectivity index (χ3n) is 4.25. The number of piperidine rings is 1. The fraction of sp³-hybridized carbons (Fsp3) is 0.579. The van der Waals surface area contributed by atoms with E-state index in [0.717, 1.165) is 51.1 Å². The summed E-state index contributed by atoms with van der Waals surface area (Å²) in [4.78, 5) is 14.2. The average molecular weight is 330 g/mol. The van der Waals surface area contributed by atoms with Gasteiger partial charge in [0.15, 0.2) is 0 Å². The van der Waals surface area contributed by atoms with Gasteiger partial charge in [0.05, 0.1) is 30.8 Å². The zero-order valence-corrected chi connectivity index (χ0v) is 14.4. The van der Waals surface area contributed by atoms with Crippen LogP contribution in [0.15, 0.2) is 24.3 Å². The molecular weight excluding hydrogens is 304 g/mol. The zero-order valence-electron chi connectivity index (χ0n) is 14.4. The van der Waals surface area contributed by atoms with Gasteiger partial charge in [0.25, 0.3) is 0 Å². The van der Waals surface area contributed by atoms with Gasteiger partial charge in [0.1, 0.15) is 5.75 Å². The van der Waals surface area contributed by atoms with Crippen molar-refractivity contribution in [3.63, 3.8) is 0 Å². The molecule has 0 bridgehead atoms. The molecule has 0 N–H and O–H groups in total. The summed E-state index contributed by atoms with van der Waals surface area (Å²) in [5.74, 6) is 0.786. The quantitative estimate of drug-likeness (QED) is 0.541. The first kappa shape index (κ1) is 18.3. The number of likely N-dealkylation sites (tertiary alicyclic amines) is 1. The largest absolute Gasteiger partial charge is 0.494 e. The standard InChI is InChI=1S/C19H26N2O3/c1-2-23-19(22)17-6-5-12-21(15-17)11-3-4-13-24-18-9-7-16(14-20)8-10-18/h7-10,17H,2-6,11-13,15H2,1H3. The van der Waals surface area contributed by atoms with Gasteiger partial charge < -0.3 is 14.4 Å². The fourth-order valence-corrected chi connectivity index (χ4v) is 2.96. The molecule has 1 saturated heterocycles. The number of benzene rings is 1. The highest BCUT2D eigenvalue weighted by Crippen LogP contribution is 2.18. The molecular formula is C19H26N2O3. The molecule has 1 atom stereocenters. The minimum Gasteiger partial charge on any atom is -0.494 e. The van der Waals surface area contributed by atoms with E-state index in [1.807, 2.05) is 19.1 Å². The summed E-state index contributed by atoms with van der Waals surface area (Å²) in [6.07, 6.45) is 4.02. The van der Waals surface area contributed by atoms with Gasteiger partial charge in [-0.1, -0.05) is 0 Å². The van der Waals surface area contributed by atoms with Gasteiger partial charge in [-0.3, -0.25) is 4.79 Å². The first-order chi connectivity index (χ1) is 11.7. The molecule has 0 aromatic heterocycles. The van der Waals surface area contributed by atoms with E-state index in [0.29, 0.717) is 18.8 Å². The Kier molecular flexibility index (Phi) is 7.57. The third kappa shape index (κ3) is 5.86. The maximum absolute atomic E-state index is 11.8. The Hall–Kier alpha value is -2.06. The number of unbranched alkanes of at least 4 members (excludes halogenated alkanes) is 1. The van der Waals surface area contributed by atoms with Crippen LogP contribution < -0.4 is 4.74 Å². The molecule has 0 amide bonds. The summed E-state index contributed by atoms with van der Waals surface area (Å²) in [6, 6.07) is 9.27. The van der Waals surface area contributed by atoms with Gasteiger partial charge >= 0.3 is 5.97 Å². The minimum absolute atomic E-state index is 0.0357. The molecule has 1 aromatic rings. The van der Waals surface area contributed by atoms with Crippen LogP contribution in [0.1, 0.15) is 38.2 Å². The molecule has 24 heavy (non-hydrogen) atoms. The Morgan fingerprint density at radius 3 is 2.83 bits per heavy atom. The molecule has 1 aromatic carbocycles. The van der Waals surface area contributed by atoms with E-state index >= 15 is 0 Å². The highest BCUT2D eigenvalue weighted by molar-refractivity contribution is 5.72. The Morgan fingerprint density at radius 1 is 1.33 bits per heavy atom. The van der Waals surface area contributed by atoms with Gasteiger partial charge in [-0.2, -0.15) is 5.26 Å². The molecule has 1 aliphatic rings. The smallest absolute Gasteiger partial charge is 0.310 e. The van der Waals surface area contributed by atoms with E-state index in [1.165, 1.54) is 0 Å². The number of nitrogens with zero attached hydrogens (tertiary/aromatic N) is 2. The summed E-state index contributed by atoms with van der Waals surface area (Å²) in [5.41, 5.74) is 0.642. The van der Waals surface area contributed by atoms with Crippen LogP contribution >= 0.6 is 0 Å². The van der Waals surface area contributed by atoms with Crippen LogP contribution in [0, 0.1) is 17.2 Å². The van der Waals surface area contributed by atoms with E-state index in [-0.39, 0.29) is 11.9 Å². The van der Waals surface area contributed by atoms with Crippen LogP contribution in [0.2, 0.25) is 0 Å². The van der Waals surface area contributed by atoms with Crippen molar-refractivity contribution in [2.75, 3.05) is 32.8 Å². The number of nitriles is 1. The van der Waals surface area contributed by atoms with Crippen LogP contribution in [-0.2, 0) is 9.53 Å². The monoisotopic (exact) mass is 330 g/mol. The Balaban J connectivity index is 1.61. The van der Waals surface area contributed by atoms with Gasteiger partial charge in [0.2, 0.25) is 0 Å². The number of esters is 1. The van der Waals surface area contributed by atoms with Crippen molar-refractivity contribution < 1.29 is 14.3 Å². The van der Waals surface area contributed by atoms with Crippen molar-refractivity contribution in [2.24, 2.45) is 5.92 Å². The molecule has 1 heterocycles. The second kappa shape index (κ2) is 9.94. The summed E-state index contributed by atoms with van der Waals surface area (Å²) in [6.45, 7) is 5.85. The van der Waals surface area contributed by atoms with Gasteiger partial charge in [0, 0.05) is 6.54 Å². The second-order valence-corrected chi connectivity index (χ2v) is 6.08.